The summed E-state index contributed by atoms with van der Waals surface area (Å²) in [7, 11) is 0. The van der Waals surface area contributed by atoms with Gasteiger partial charge in [0.15, 0.2) is 0 Å². The van der Waals surface area contributed by atoms with Gasteiger partial charge in [-0.1, -0.05) is 32.0 Å². The molecular formula is C15H18N2S. The van der Waals surface area contributed by atoms with Gasteiger partial charge in [-0.3, -0.25) is 0 Å². The number of nitrogens with two attached hydrogens (primary N) is 1. The summed E-state index contributed by atoms with van der Waals surface area (Å²) in [6, 6.07) is 8.58. The van der Waals surface area contributed by atoms with Crippen molar-refractivity contribution in [3.63, 3.8) is 0 Å². The van der Waals surface area contributed by atoms with E-state index in [9.17, 15) is 0 Å². The van der Waals surface area contributed by atoms with Gasteiger partial charge in [0.25, 0.3) is 0 Å². The topological polar surface area (TPSA) is 30.9 Å². The molecule has 1 aromatic carbocycles. The molecule has 2 nitrogen and oxygen atoms in total. The molecule has 94 valence electrons. The Balaban J connectivity index is 2.50. The molecule has 0 fully saturated rings. The highest BCUT2D eigenvalue weighted by atomic mass is 32.1. The third-order valence-electron chi connectivity index (χ3n) is 3.50. The third-order valence-corrected chi connectivity index (χ3v) is 5.03. The molecule has 0 radical (unpaired) electrons. The number of aromatic nitrogens is 1. The van der Waals surface area contributed by atoms with Crippen LogP contribution < -0.4 is 5.73 Å². The lowest BCUT2D eigenvalue weighted by molar-refractivity contribution is 0.826. The van der Waals surface area contributed by atoms with Crippen molar-refractivity contribution in [3.05, 3.63) is 29.1 Å². The number of hydrogen-bond acceptors (Lipinski definition) is 2. The van der Waals surface area contributed by atoms with Gasteiger partial charge in [-0.2, -0.15) is 0 Å². The van der Waals surface area contributed by atoms with Crippen LogP contribution >= 0.6 is 11.3 Å². The molecule has 2 aromatic heterocycles. The van der Waals surface area contributed by atoms with Crippen LogP contribution in [0.2, 0.25) is 0 Å². The van der Waals surface area contributed by atoms with Crippen LogP contribution in [-0.4, -0.2) is 4.57 Å². The molecule has 0 unspecified atom stereocenters. The van der Waals surface area contributed by atoms with Gasteiger partial charge in [0, 0.05) is 22.3 Å². The predicted octanol–water partition coefficient (Wildman–Crippen LogP) is 4.58. The van der Waals surface area contributed by atoms with E-state index in [0.29, 0.717) is 5.92 Å². The van der Waals surface area contributed by atoms with Crippen LogP contribution in [0.3, 0.4) is 0 Å². The van der Waals surface area contributed by atoms with Gasteiger partial charge in [0.1, 0.15) is 0 Å². The van der Waals surface area contributed by atoms with Crippen molar-refractivity contribution in [1.29, 1.82) is 0 Å². The largest absolute Gasteiger partial charge is 0.396 e. The maximum absolute atomic E-state index is 6.37. The Bertz CT molecular complexity index is 719. The summed E-state index contributed by atoms with van der Waals surface area (Å²) in [5, 5.41) is 1.33. The molecule has 0 atom stereocenters. The number of aryl methyl sites for hydroxylation is 1. The predicted molar refractivity (Wildman–Crippen MR) is 81.5 cm³/mol. The van der Waals surface area contributed by atoms with Crippen LogP contribution in [0.1, 0.15) is 31.6 Å². The fourth-order valence-electron chi connectivity index (χ4n) is 2.68. The molecule has 0 aliphatic rings. The number of rotatable bonds is 2. The van der Waals surface area contributed by atoms with Gasteiger partial charge in [0.05, 0.1) is 15.9 Å². The second kappa shape index (κ2) is 4.02. The average molecular weight is 258 g/mol. The molecule has 18 heavy (non-hydrogen) atoms. The van der Waals surface area contributed by atoms with Crippen molar-refractivity contribution in [2.24, 2.45) is 0 Å². The van der Waals surface area contributed by atoms with Crippen LogP contribution in [0.4, 0.5) is 5.69 Å². The van der Waals surface area contributed by atoms with Gasteiger partial charge in [-0.25, -0.2) is 0 Å². The molecule has 0 saturated heterocycles. The fraction of sp³-hybridized carbons (Fsp3) is 0.333. The standard InChI is InChI=1S/C15H18N2S/c1-4-17-11-8-6-5-7-10(11)15-13(17)12(16)14(18-15)9(2)3/h5-9H,4,16H2,1-3H3. The average Bonchev–Trinajstić information content (AvgIpc) is 2.85. The number of nitrogens with zero attached hydrogens (tertiary/aromatic N) is 1. The van der Waals surface area contributed by atoms with Crippen LogP contribution in [0.5, 0.6) is 0 Å². The highest BCUT2D eigenvalue weighted by molar-refractivity contribution is 7.20. The number of fused-ring (bicyclic) bond motifs is 3. The summed E-state index contributed by atoms with van der Waals surface area (Å²) in [6.45, 7) is 7.56. The van der Waals surface area contributed by atoms with Crippen molar-refractivity contribution >= 4 is 38.1 Å². The van der Waals surface area contributed by atoms with Crippen LogP contribution in [0.15, 0.2) is 24.3 Å². The summed E-state index contributed by atoms with van der Waals surface area (Å²) < 4.78 is 3.68. The molecule has 0 amide bonds. The zero-order valence-corrected chi connectivity index (χ0v) is 11.8. The third kappa shape index (κ3) is 1.40. The van der Waals surface area contributed by atoms with Gasteiger partial charge in [-0.15, -0.1) is 11.3 Å². The maximum atomic E-state index is 6.37. The van der Waals surface area contributed by atoms with E-state index in [1.165, 1.54) is 26.0 Å². The minimum absolute atomic E-state index is 0.492. The number of hydrogen-bond donors (Lipinski definition) is 1. The van der Waals surface area contributed by atoms with Gasteiger partial charge < -0.3 is 10.3 Å². The molecule has 3 heteroatoms. The lowest BCUT2D eigenvalue weighted by Crippen LogP contribution is -1.97. The Kier molecular flexibility index (Phi) is 2.59. The smallest absolute Gasteiger partial charge is 0.0837 e. The minimum atomic E-state index is 0.492. The highest BCUT2D eigenvalue weighted by Crippen LogP contribution is 2.43. The molecule has 2 heterocycles. The van der Waals surface area contributed by atoms with Crippen molar-refractivity contribution < 1.29 is 0 Å². The lowest BCUT2D eigenvalue weighted by atomic mass is 10.1. The second-order valence-corrected chi connectivity index (χ2v) is 6.03. The summed E-state index contributed by atoms with van der Waals surface area (Å²) in [5.74, 6) is 0.492. The van der Waals surface area contributed by atoms with E-state index in [-0.39, 0.29) is 0 Å². The zero-order chi connectivity index (χ0) is 12.9. The van der Waals surface area contributed by atoms with E-state index < -0.39 is 0 Å². The van der Waals surface area contributed by atoms with Gasteiger partial charge in [0.2, 0.25) is 0 Å². The first-order valence-corrected chi connectivity index (χ1v) is 7.25. The molecule has 0 bridgehead atoms. The number of benzene rings is 1. The molecule has 0 aliphatic carbocycles. The van der Waals surface area contributed by atoms with Gasteiger partial charge >= 0.3 is 0 Å². The SMILES string of the molecule is CCn1c2ccccc2c2sc(C(C)C)c(N)c21. The van der Waals surface area contributed by atoms with E-state index in [1.807, 2.05) is 11.3 Å². The molecule has 3 rings (SSSR count). The normalized spacial score (nSPS) is 12.0. The van der Waals surface area contributed by atoms with E-state index in [4.69, 9.17) is 5.73 Å². The number of thiophene rings is 1. The number of para-hydroxylation sites is 1. The molecule has 0 saturated carbocycles. The van der Waals surface area contributed by atoms with Gasteiger partial charge in [-0.05, 0) is 18.9 Å². The molecule has 2 N–H and O–H groups in total. The van der Waals surface area contributed by atoms with E-state index in [1.54, 1.807) is 0 Å². The Hall–Kier alpha value is -1.48. The number of nitrogen functional groups attached to an aromatic ring is 1. The first kappa shape index (κ1) is 11.6. The molecule has 0 spiro atoms. The lowest BCUT2D eigenvalue weighted by Gasteiger charge is -2.06. The second-order valence-electron chi connectivity index (χ2n) is 4.97. The van der Waals surface area contributed by atoms with Crippen LogP contribution in [-0.2, 0) is 6.54 Å². The van der Waals surface area contributed by atoms with Crippen molar-refractivity contribution in [2.45, 2.75) is 33.2 Å². The summed E-state index contributed by atoms with van der Waals surface area (Å²) in [5.41, 5.74) is 9.87. The van der Waals surface area contributed by atoms with E-state index in [0.717, 1.165) is 12.2 Å². The van der Waals surface area contributed by atoms with Crippen molar-refractivity contribution in [2.75, 3.05) is 5.73 Å². The van der Waals surface area contributed by atoms with Crippen molar-refractivity contribution in [3.8, 4) is 0 Å². The van der Waals surface area contributed by atoms with E-state index >= 15 is 0 Å². The molecule has 0 aliphatic heterocycles. The summed E-state index contributed by atoms with van der Waals surface area (Å²) in [4.78, 5) is 1.31. The quantitative estimate of drug-likeness (QED) is 0.716. The first-order chi connectivity index (χ1) is 8.65. The molecular weight excluding hydrogens is 240 g/mol. The van der Waals surface area contributed by atoms with E-state index in [2.05, 4.69) is 49.6 Å². The fourth-order valence-corrected chi connectivity index (χ4v) is 3.94. The van der Waals surface area contributed by atoms with Crippen LogP contribution in [0.25, 0.3) is 21.1 Å². The summed E-state index contributed by atoms with van der Waals surface area (Å²) in [6.07, 6.45) is 0. The highest BCUT2D eigenvalue weighted by Gasteiger charge is 2.19. The Morgan fingerprint density at radius 1 is 1.28 bits per heavy atom. The maximum Gasteiger partial charge on any atom is 0.0837 e. The zero-order valence-electron chi connectivity index (χ0n) is 11.0. The molecule has 3 aromatic rings. The number of anilines is 1. The Labute approximate surface area is 111 Å². The summed E-state index contributed by atoms with van der Waals surface area (Å²) >= 11 is 1.85. The Morgan fingerprint density at radius 3 is 2.67 bits per heavy atom. The minimum Gasteiger partial charge on any atom is -0.396 e. The van der Waals surface area contributed by atoms with Crippen molar-refractivity contribution in [1.82, 2.24) is 4.57 Å². The monoisotopic (exact) mass is 258 g/mol. The first-order valence-electron chi connectivity index (χ1n) is 6.44. The Morgan fingerprint density at radius 2 is 2.00 bits per heavy atom. The van der Waals surface area contributed by atoms with Crippen LogP contribution in [0, 0.1) is 0 Å².